The number of hydrogen-bond donors (Lipinski definition) is 0. The Hall–Kier alpha value is -1.98. The highest BCUT2D eigenvalue weighted by atomic mass is 79.9. The lowest BCUT2D eigenvalue weighted by atomic mass is 10.0. The summed E-state index contributed by atoms with van der Waals surface area (Å²) in [6.45, 7) is 2.93. The van der Waals surface area contributed by atoms with E-state index >= 15 is 0 Å². The van der Waals surface area contributed by atoms with Gasteiger partial charge in [0.05, 0.1) is 12.1 Å². The molecule has 1 aliphatic heterocycles. The van der Waals surface area contributed by atoms with Crippen LogP contribution in [0, 0.1) is 6.92 Å². The van der Waals surface area contributed by atoms with E-state index in [9.17, 15) is 4.79 Å². The molecule has 4 nitrogen and oxygen atoms in total. The Morgan fingerprint density at radius 3 is 2.67 bits per heavy atom. The van der Waals surface area contributed by atoms with Crippen LogP contribution >= 0.6 is 27.5 Å². The summed E-state index contributed by atoms with van der Waals surface area (Å²) in [6.07, 6.45) is 0. The molecule has 1 aliphatic rings. The maximum Gasteiger partial charge on any atom is 0.350 e. The quantitative estimate of drug-likeness (QED) is 0.541. The normalized spacial score (nSPS) is 13.7. The third-order valence-electron chi connectivity index (χ3n) is 4.24. The molecule has 3 aromatic rings. The number of rotatable bonds is 1. The summed E-state index contributed by atoms with van der Waals surface area (Å²) < 4.78 is 11.9. The largest absolute Gasteiger partial charge is 0.473 e. The second-order valence-electron chi connectivity index (χ2n) is 5.70. The summed E-state index contributed by atoms with van der Waals surface area (Å²) in [5.74, 6) is 0.748. The van der Waals surface area contributed by atoms with E-state index in [0.717, 1.165) is 28.0 Å². The van der Waals surface area contributed by atoms with Crippen LogP contribution in [0.3, 0.4) is 0 Å². The van der Waals surface area contributed by atoms with Gasteiger partial charge in [-0.3, -0.25) is 0 Å². The van der Waals surface area contributed by atoms with Gasteiger partial charge in [0.15, 0.2) is 6.73 Å². The summed E-state index contributed by atoms with van der Waals surface area (Å²) in [5.41, 5.74) is 2.95. The Balaban J connectivity index is 1.84. The van der Waals surface area contributed by atoms with Crippen LogP contribution in [0.5, 0.6) is 5.75 Å². The Labute approximate surface area is 151 Å². The molecule has 0 spiro atoms. The number of nitrogens with zero attached hydrogens (tertiary/aromatic N) is 1. The van der Waals surface area contributed by atoms with E-state index in [4.69, 9.17) is 20.8 Å². The minimum absolute atomic E-state index is 0.378. The van der Waals surface area contributed by atoms with Crippen molar-refractivity contribution in [3.63, 3.8) is 0 Å². The molecule has 0 N–H and O–H groups in total. The number of hydrogen-bond acceptors (Lipinski definition) is 4. The average molecular weight is 407 g/mol. The second kappa shape index (κ2) is 5.83. The highest BCUT2D eigenvalue weighted by Crippen LogP contribution is 2.35. The third kappa shape index (κ3) is 2.48. The van der Waals surface area contributed by atoms with Gasteiger partial charge >= 0.3 is 5.63 Å². The standard InChI is InChI=1S/C18H13BrClNO3/c1-10-13-6-7-15-14(17(13)24-18(22)16(10)19)8-21(9-23-15)12-4-2-11(20)3-5-12/h2-7H,8-9H2,1H3. The lowest BCUT2D eigenvalue weighted by Crippen LogP contribution is -2.32. The Bertz CT molecular complexity index is 998. The van der Waals surface area contributed by atoms with Gasteiger partial charge in [-0.05, 0) is 64.8 Å². The van der Waals surface area contributed by atoms with Crippen LogP contribution in [0.1, 0.15) is 11.1 Å². The summed E-state index contributed by atoms with van der Waals surface area (Å²) in [6, 6.07) is 11.4. The maximum atomic E-state index is 12.0. The highest BCUT2D eigenvalue weighted by Gasteiger charge is 2.23. The summed E-state index contributed by atoms with van der Waals surface area (Å²) in [4.78, 5) is 14.1. The van der Waals surface area contributed by atoms with Crippen LogP contribution in [-0.2, 0) is 6.54 Å². The zero-order valence-corrected chi connectivity index (χ0v) is 15.1. The molecular weight excluding hydrogens is 394 g/mol. The minimum Gasteiger partial charge on any atom is -0.473 e. The number of fused-ring (bicyclic) bond motifs is 3. The predicted molar refractivity (Wildman–Crippen MR) is 98.1 cm³/mol. The van der Waals surface area contributed by atoms with E-state index in [1.165, 1.54) is 0 Å². The molecule has 0 saturated carbocycles. The monoisotopic (exact) mass is 405 g/mol. The van der Waals surface area contributed by atoms with Crippen molar-refractivity contribution in [2.75, 3.05) is 11.6 Å². The molecule has 2 aromatic carbocycles. The third-order valence-corrected chi connectivity index (χ3v) is 5.41. The van der Waals surface area contributed by atoms with Gasteiger partial charge in [0.1, 0.15) is 15.8 Å². The van der Waals surface area contributed by atoms with Gasteiger partial charge in [0, 0.05) is 16.1 Å². The van der Waals surface area contributed by atoms with Crippen molar-refractivity contribution in [2.45, 2.75) is 13.5 Å². The van der Waals surface area contributed by atoms with Crippen LogP contribution < -0.4 is 15.3 Å². The van der Waals surface area contributed by atoms with E-state index in [2.05, 4.69) is 20.8 Å². The number of anilines is 1. The van der Waals surface area contributed by atoms with Gasteiger partial charge in [-0.1, -0.05) is 11.6 Å². The highest BCUT2D eigenvalue weighted by molar-refractivity contribution is 9.10. The first-order valence-corrected chi connectivity index (χ1v) is 8.60. The Kier molecular flexibility index (Phi) is 3.77. The fraction of sp³-hybridized carbons (Fsp3) is 0.167. The lowest BCUT2D eigenvalue weighted by Gasteiger charge is -2.31. The number of ether oxygens (including phenoxy) is 1. The molecule has 0 radical (unpaired) electrons. The van der Waals surface area contributed by atoms with Crippen molar-refractivity contribution >= 4 is 44.2 Å². The molecule has 0 fully saturated rings. The average Bonchev–Trinajstić information content (AvgIpc) is 2.60. The Morgan fingerprint density at radius 1 is 1.17 bits per heavy atom. The van der Waals surface area contributed by atoms with Crippen LogP contribution in [0.15, 0.2) is 50.1 Å². The first-order chi connectivity index (χ1) is 11.5. The van der Waals surface area contributed by atoms with Gasteiger partial charge in [-0.15, -0.1) is 0 Å². The van der Waals surface area contributed by atoms with Crippen LogP contribution in [-0.4, -0.2) is 6.73 Å². The molecule has 0 atom stereocenters. The number of benzene rings is 2. The molecule has 0 aliphatic carbocycles. The summed E-state index contributed by atoms with van der Waals surface area (Å²) in [5, 5.41) is 1.59. The van der Waals surface area contributed by atoms with Crippen LogP contribution in [0.4, 0.5) is 5.69 Å². The van der Waals surface area contributed by atoms with Crippen LogP contribution in [0.2, 0.25) is 5.02 Å². The molecule has 4 rings (SSSR count). The zero-order chi connectivity index (χ0) is 16.8. The fourth-order valence-corrected chi connectivity index (χ4v) is 3.34. The van der Waals surface area contributed by atoms with E-state index in [-0.39, 0.29) is 5.63 Å². The molecule has 0 unspecified atom stereocenters. The van der Waals surface area contributed by atoms with Crippen LogP contribution in [0.25, 0.3) is 11.0 Å². The number of aryl methyl sites for hydroxylation is 1. The van der Waals surface area contributed by atoms with Gasteiger partial charge in [0.25, 0.3) is 0 Å². The predicted octanol–water partition coefficient (Wildman–Crippen LogP) is 4.87. The maximum absolute atomic E-state index is 12.0. The topological polar surface area (TPSA) is 42.7 Å². The van der Waals surface area contributed by atoms with Gasteiger partial charge in [-0.25, -0.2) is 4.79 Å². The smallest absolute Gasteiger partial charge is 0.350 e. The van der Waals surface area contributed by atoms with Crippen molar-refractivity contribution in [1.82, 2.24) is 0 Å². The zero-order valence-electron chi connectivity index (χ0n) is 12.8. The molecule has 24 heavy (non-hydrogen) atoms. The molecular formula is C18H13BrClNO3. The molecule has 1 aromatic heterocycles. The molecule has 122 valence electrons. The molecule has 0 saturated heterocycles. The van der Waals surface area contributed by atoms with Gasteiger partial charge < -0.3 is 14.1 Å². The van der Waals surface area contributed by atoms with E-state index in [0.29, 0.717) is 28.4 Å². The second-order valence-corrected chi connectivity index (χ2v) is 6.92. The first-order valence-electron chi connectivity index (χ1n) is 7.42. The lowest BCUT2D eigenvalue weighted by molar-refractivity contribution is 0.289. The summed E-state index contributed by atoms with van der Waals surface area (Å²) >= 11 is 9.25. The minimum atomic E-state index is -0.378. The fourth-order valence-electron chi connectivity index (χ4n) is 2.92. The molecule has 0 amide bonds. The Morgan fingerprint density at radius 2 is 1.92 bits per heavy atom. The molecule has 6 heteroatoms. The van der Waals surface area contributed by atoms with Gasteiger partial charge in [0.2, 0.25) is 0 Å². The SMILES string of the molecule is Cc1c(Br)c(=O)oc2c3c(ccc12)OCN(c1ccc(Cl)cc1)C3. The first kappa shape index (κ1) is 15.5. The summed E-state index contributed by atoms with van der Waals surface area (Å²) in [7, 11) is 0. The number of halogens is 2. The van der Waals surface area contributed by atoms with Crippen molar-refractivity contribution in [2.24, 2.45) is 0 Å². The molecule has 0 bridgehead atoms. The van der Waals surface area contributed by atoms with Crippen molar-refractivity contribution in [1.29, 1.82) is 0 Å². The van der Waals surface area contributed by atoms with Gasteiger partial charge in [-0.2, -0.15) is 0 Å². The van der Waals surface area contributed by atoms with E-state index in [1.54, 1.807) is 0 Å². The van der Waals surface area contributed by atoms with Crippen molar-refractivity contribution in [3.8, 4) is 5.75 Å². The van der Waals surface area contributed by atoms with E-state index < -0.39 is 0 Å². The molecule has 2 heterocycles. The van der Waals surface area contributed by atoms with E-state index in [1.807, 2.05) is 43.3 Å². The van der Waals surface area contributed by atoms with Crippen molar-refractivity contribution in [3.05, 3.63) is 67.4 Å². The van der Waals surface area contributed by atoms with Crippen molar-refractivity contribution < 1.29 is 9.15 Å².